The molecule has 0 aromatic carbocycles. The molecule has 0 heterocycles. The second-order valence-electron chi connectivity index (χ2n) is 8.68. The van der Waals surface area contributed by atoms with Gasteiger partial charge in [0.2, 0.25) is 0 Å². The van der Waals surface area contributed by atoms with E-state index in [2.05, 4.69) is 27.4 Å². The summed E-state index contributed by atoms with van der Waals surface area (Å²) in [6, 6.07) is 0. The van der Waals surface area contributed by atoms with Gasteiger partial charge in [-0.05, 0) is 67.3 Å². The highest BCUT2D eigenvalue weighted by molar-refractivity contribution is 5.80. The lowest BCUT2D eigenvalue weighted by atomic mass is 9.46. The lowest BCUT2D eigenvalue weighted by Gasteiger charge is -2.60. The third kappa shape index (κ3) is 3.31. The predicted molar refractivity (Wildman–Crippen MR) is 94.5 cm³/mol. The van der Waals surface area contributed by atoms with Crippen molar-refractivity contribution in [3.63, 3.8) is 0 Å². The van der Waals surface area contributed by atoms with Crippen LogP contribution in [-0.4, -0.2) is 33.5 Å². The molecule has 0 bridgehead atoms. The largest absolute Gasteiger partial charge is 0.478 e. The van der Waals surface area contributed by atoms with Crippen molar-refractivity contribution in [3.8, 4) is 0 Å². The normalized spacial score (nSPS) is 39.4. The number of allylic oxidation sites excluding steroid dienone is 1. The Bertz CT molecular complexity index is 548. The molecule has 2 fully saturated rings. The zero-order valence-corrected chi connectivity index (χ0v) is 15.4. The monoisotopic (exact) mass is 336 g/mol. The van der Waals surface area contributed by atoms with Gasteiger partial charge in [-0.2, -0.15) is 0 Å². The van der Waals surface area contributed by atoms with Gasteiger partial charge in [0, 0.05) is 6.08 Å². The van der Waals surface area contributed by atoms with Crippen LogP contribution in [0.3, 0.4) is 0 Å². The second kappa shape index (κ2) is 6.64. The van der Waals surface area contributed by atoms with Crippen molar-refractivity contribution in [2.45, 2.75) is 72.0 Å². The smallest absolute Gasteiger partial charge is 0.328 e. The van der Waals surface area contributed by atoms with Gasteiger partial charge in [-0.1, -0.05) is 32.9 Å². The molecule has 4 nitrogen and oxygen atoms in total. The van der Waals surface area contributed by atoms with Gasteiger partial charge < -0.3 is 15.3 Å². The molecule has 2 aliphatic rings. The number of aliphatic hydroxyl groups is 2. The van der Waals surface area contributed by atoms with E-state index < -0.39 is 12.1 Å². The molecule has 5 unspecified atom stereocenters. The van der Waals surface area contributed by atoms with Crippen LogP contribution in [0.25, 0.3) is 0 Å². The van der Waals surface area contributed by atoms with E-state index in [1.54, 1.807) is 0 Å². The molecule has 4 heteroatoms. The minimum absolute atomic E-state index is 0.0114. The summed E-state index contributed by atoms with van der Waals surface area (Å²) in [4.78, 5) is 10.8. The molecule has 136 valence electrons. The number of aliphatic carboxylic acids is 1. The van der Waals surface area contributed by atoms with E-state index in [1.165, 1.54) is 6.08 Å². The quantitative estimate of drug-likeness (QED) is 0.542. The lowest BCUT2D eigenvalue weighted by molar-refractivity contribution is -0.140. The Labute approximate surface area is 145 Å². The molecule has 0 amide bonds. The van der Waals surface area contributed by atoms with Gasteiger partial charge in [-0.25, -0.2) is 4.79 Å². The lowest BCUT2D eigenvalue weighted by Crippen LogP contribution is -2.57. The van der Waals surface area contributed by atoms with Crippen molar-refractivity contribution < 1.29 is 20.1 Å². The van der Waals surface area contributed by atoms with E-state index in [4.69, 9.17) is 5.11 Å². The summed E-state index contributed by atoms with van der Waals surface area (Å²) >= 11 is 0. The third-order valence-corrected chi connectivity index (χ3v) is 6.84. The van der Waals surface area contributed by atoms with E-state index in [0.29, 0.717) is 12.8 Å². The maximum atomic E-state index is 10.8. The van der Waals surface area contributed by atoms with Crippen LogP contribution in [0.5, 0.6) is 0 Å². The number of hydrogen-bond donors (Lipinski definition) is 3. The standard InChI is InChI=1S/C20H32O4/c1-12(10-18(23)24)6-7-14-13(2)15(21)11-16-19(3,4)17(22)8-9-20(14,16)5/h10,14-17,21-22H,2,6-9,11H2,1,3-5H3,(H,23,24). The molecule has 0 radical (unpaired) electrons. The summed E-state index contributed by atoms with van der Waals surface area (Å²) in [7, 11) is 0. The van der Waals surface area contributed by atoms with Crippen LogP contribution in [0.1, 0.15) is 59.8 Å². The van der Waals surface area contributed by atoms with Gasteiger partial charge in [0.1, 0.15) is 0 Å². The highest BCUT2D eigenvalue weighted by atomic mass is 16.4. The molecule has 0 aromatic rings. The first-order valence-corrected chi connectivity index (χ1v) is 8.95. The number of hydrogen-bond acceptors (Lipinski definition) is 3. The Morgan fingerprint density at radius 1 is 1.33 bits per heavy atom. The van der Waals surface area contributed by atoms with Crippen molar-refractivity contribution >= 4 is 5.97 Å². The van der Waals surface area contributed by atoms with Crippen molar-refractivity contribution in [2.24, 2.45) is 22.7 Å². The Morgan fingerprint density at radius 2 is 1.96 bits per heavy atom. The van der Waals surface area contributed by atoms with Crippen molar-refractivity contribution in [1.29, 1.82) is 0 Å². The number of aliphatic hydroxyl groups excluding tert-OH is 2. The number of carbonyl (C=O) groups is 1. The van der Waals surface area contributed by atoms with Gasteiger partial charge in [-0.3, -0.25) is 0 Å². The average Bonchev–Trinajstić information content (AvgIpc) is 2.46. The number of fused-ring (bicyclic) bond motifs is 1. The molecule has 0 saturated heterocycles. The molecular formula is C20H32O4. The van der Waals surface area contributed by atoms with Gasteiger partial charge >= 0.3 is 5.97 Å². The Balaban J connectivity index is 2.28. The first-order chi connectivity index (χ1) is 11.0. The third-order valence-electron chi connectivity index (χ3n) is 6.84. The minimum Gasteiger partial charge on any atom is -0.478 e. The van der Waals surface area contributed by atoms with Gasteiger partial charge in [0.25, 0.3) is 0 Å². The maximum absolute atomic E-state index is 10.8. The highest BCUT2D eigenvalue weighted by Gasteiger charge is 2.57. The van der Waals surface area contributed by atoms with Crippen LogP contribution in [0, 0.1) is 22.7 Å². The van der Waals surface area contributed by atoms with Gasteiger partial charge in [0.15, 0.2) is 0 Å². The Hall–Kier alpha value is -1.13. The fourth-order valence-corrected chi connectivity index (χ4v) is 5.27. The molecule has 24 heavy (non-hydrogen) atoms. The summed E-state index contributed by atoms with van der Waals surface area (Å²) in [6.07, 6.45) is 4.20. The highest BCUT2D eigenvalue weighted by Crippen LogP contribution is 2.61. The van der Waals surface area contributed by atoms with Crippen molar-refractivity contribution in [2.75, 3.05) is 0 Å². The van der Waals surface area contributed by atoms with E-state index in [9.17, 15) is 15.0 Å². The van der Waals surface area contributed by atoms with Crippen LogP contribution >= 0.6 is 0 Å². The number of carboxylic acid groups (broad SMARTS) is 1. The van der Waals surface area contributed by atoms with Crippen LogP contribution in [-0.2, 0) is 4.79 Å². The first kappa shape index (κ1) is 19.2. The molecule has 0 aromatic heterocycles. The predicted octanol–water partition coefficient (Wildman–Crippen LogP) is 3.54. The van der Waals surface area contributed by atoms with Crippen LogP contribution in [0.2, 0.25) is 0 Å². The van der Waals surface area contributed by atoms with E-state index in [-0.39, 0.29) is 28.8 Å². The van der Waals surface area contributed by atoms with Crippen LogP contribution < -0.4 is 0 Å². The van der Waals surface area contributed by atoms with E-state index in [1.807, 2.05) is 6.92 Å². The average molecular weight is 336 g/mol. The molecule has 3 N–H and O–H groups in total. The minimum atomic E-state index is -0.916. The topological polar surface area (TPSA) is 77.8 Å². The zero-order valence-electron chi connectivity index (χ0n) is 15.4. The number of rotatable bonds is 4. The molecule has 0 spiro atoms. The van der Waals surface area contributed by atoms with Crippen molar-refractivity contribution in [1.82, 2.24) is 0 Å². The molecule has 2 rings (SSSR count). The summed E-state index contributed by atoms with van der Waals surface area (Å²) in [5, 5.41) is 29.9. The second-order valence-corrected chi connectivity index (χ2v) is 8.68. The maximum Gasteiger partial charge on any atom is 0.328 e. The molecule has 2 aliphatic carbocycles. The number of carboxylic acids is 1. The zero-order chi connectivity index (χ0) is 18.3. The summed E-state index contributed by atoms with van der Waals surface area (Å²) in [5.74, 6) is -0.542. The summed E-state index contributed by atoms with van der Waals surface area (Å²) < 4.78 is 0. The van der Waals surface area contributed by atoms with E-state index in [0.717, 1.165) is 30.4 Å². The van der Waals surface area contributed by atoms with Crippen LogP contribution in [0.4, 0.5) is 0 Å². The SMILES string of the molecule is C=C1C(O)CC2C(C)(C)C(O)CCC2(C)C1CCC(C)=CC(=O)O. The van der Waals surface area contributed by atoms with Crippen LogP contribution in [0.15, 0.2) is 23.8 Å². The fraction of sp³-hybridized carbons (Fsp3) is 0.750. The van der Waals surface area contributed by atoms with Gasteiger partial charge in [0.05, 0.1) is 12.2 Å². The fourth-order valence-electron chi connectivity index (χ4n) is 5.27. The van der Waals surface area contributed by atoms with Crippen molar-refractivity contribution in [3.05, 3.63) is 23.8 Å². The van der Waals surface area contributed by atoms with E-state index >= 15 is 0 Å². The molecule has 2 saturated carbocycles. The molecule has 0 aliphatic heterocycles. The Morgan fingerprint density at radius 3 is 2.54 bits per heavy atom. The van der Waals surface area contributed by atoms with Gasteiger partial charge in [-0.15, -0.1) is 0 Å². The summed E-state index contributed by atoms with van der Waals surface area (Å²) in [5.41, 5.74) is 1.47. The molecule has 5 atom stereocenters. The molecular weight excluding hydrogens is 304 g/mol. The first-order valence-electron chi connectivity index (χ1n) is 8.95. The summed E-state index contributed by atoms with van der Waals surface area (Å²) in [6.45, 7) is 12.5. The Kier molecular flexibility index (Phi) is 5.31.